The lowest BCUT2D eigenvalue weighted by Gasteiger charge is -2.37. The Bertz CT molecular complexity index is 1650. The number of morpholine rings is 1. The Morgan fingerprint density at radius 3 is 2.77 bits per heavy atom. The highest BCUT2D eigenvalue weighted by Crippen LogP contribution is 2.28. The normalized spacial score (nSPS) is 17.5. The number of carbonyl (C=O) groups excluding carboxylic acids is 2. The number of aliphatic hydroxyl groups is 1. The van der Waals surface area contributed by atoms with Gasteiger partial charge in [0.05, 0.1) is 30.4 Å². The van der Waals surface area contributed by atoms with Crippen molar-refractivity contribution in [1.29, 1.82) is 0 Å². The Balaban J connectivity index is 1.38. The molecule has 13 nitrogen and oxygen atoms in total. The van der Waals surface area contributed by atoms with E-state index in [4.69, 9.17) is 15.0 Å². The summed E-state index contributed by atoms with van der Waals surface area (Å²) in [5, 5.41) is 21.6. The lowest BCUT2D eigenvalue weighted by Crippen LogP contribution is -2.61. The fraction of sp³-hybridized carbons (Fsp3) is 0.261. The summed E-state index contributed by atoms with van der Waals surface area (Å²) < 4.78 is 52.6. The molecule has 1 aliphatic heterocycles. The molecule has 2 amide bonds. The number of alkyl halides is 2. The Labute approximate surface area is 216 Å². The largest absolute Gasteiger partial charge is 0.380 e. The highest BCUT2D eigenvalue weighted by atomic mass is 19.3. The molecule has 5 rings (SSSR count). The standard InChI is InChI=1S/C23H20F3N7O6/c1-23(37,21(36)28-11-2-4-13-15(8-11)39-30-18(13)27)17-20(35)31(6-7-38-17)19-14(24)10-33(29-19)12-3-5-16(34)32(9-12)22(25)26/h2-5,8-10,17,22,37H,6-7H2,1H3,(H2,27,30)(H,28,36)/t17-,23+/m0/s1. The van der Waals surface area contributed by atoms with Gasteiger partial charge in [-0.2, -0.15) is 8.78 Å². The molecule has 3 aromatic heterocycles. The molecule has 16 heteroatoms. The number of amides is 2. The van der Waals surface area contributed by atoms with Gasteiger partial charge in [0.1, 0.15) is 0 Å². The molecule has 2 atom stereocenters. The van der Waals surface area contributed by atoms with E-state index in [0.717, 1.165) is 41.0 Å². The Morgan fingerprint density at radius 2 is 2.03 bits per heavy atom. The monoisotopic (exact) mass is 547 g/mol. The second kappa shape index (κ2) is 9.55. The first kappa shape index (κ1) is 25.9. The van der Waals surface area contributed by atoms with Crippen molar-refractivity contribution in [3.05, 3.63) is 58.9 Å². The van der Waals surface area contributed by atoms with Crippen LogP contribution in [-0.4, -0.2) is 61.3 Å². The summed E-state index contributed by atoms with van der Waals surface area (Å²) in [6.07, 6.45) is -0.131. The van der Waals surface area contributed by atoms with E-state index in [9.17, 15) is 32.7 Å². The minimum absolute atomic E-state index is 0.0748. The molecule has 0 unspecified atom stereocenters. The van der Waals surface area contributed by atoms with E-state index in [1.54, 1.807) is 6.07 Å². The molecule has 204 valence electrons. The Hall–Kier alpha value is -4.70. The minimum atomic E-state index is -3.14. The van der Waals surface area contributed by atoms with Crippen LogP contribution < -0.4 is 21.5 Å². The minimum Gasteiger partial charge on any atom is -0.380 e. The van der Waals surface area contributed by atoms with E-state index in [1.165, 1.54) is 12.1 Å². The van der Waals surface area contributed by atoms with Crippen LogP contribution in [0, 0.1) is 5.82 Å². The molecule has 1 saturated heterocycles. The molecule has 1 aromatic carbocycles. The van der Waals surface area contributed by atoms with Gasteiger partial charge >= 0.3 is 6.55 Å². The van der Waals surface area contributed by atoms with Gasteiger partial charge in [0.2, 0.25) is 0 Å². The second-order valence-corrected chi connectivity index (χ2v) is 8.78. The van der Waals surface area contributed by atoms with Crippen molar-refractivity contribution in [1.82, 2.24) is 19.5 Å². The summed E-state index contributed by atoms with van der Waals surface area (Å²) in [6.45, 7) is -2.45. The van der Waals surface area contributed by atoms with Crippen LogP contribution in [0.3, 0.4) is 0 Å². The maximum Gasteiger partial charge on any atom is 0.321 e. The molecule has 0 bridgehead atoms. The lowest BCUT2D eigenvalue weighted by molar-refractivity contribution is -0.165. The van der Waals surface area contributed by atoms with Crippen molar-refractivity contribution in [2.45, 2.75) is 25.2 Å². The van der Waals surface area contributed by atoms with Crippen molar-refractivity contribution in [3.8, 4) is 5.69 Å². The molecule has 4 N–H and O–H groups in total. The van der Waals surface area contributed by atoms with Gasteiger partial charge in [-0.15, -0.1) is 5.10 Å². The third-order valence-electron chi connectivity index (χ3n) is 6.12. The predicted molar refractivity (Wildman–Crippen MR) is 129 cm³/mol. The molecule has 0 spiro atoms. The van der Waals surface area contributed by atoms with E-state index in [1.807, 2.05) is 0 Å². The van der Waals surface area contributed by atoms with Crippen LogP contribution >= 0.6 is 0 Å². The molecule has 0 radical (unpaired) electrons. The molecule has 1 fully saturated rings. The van der Waals surface area contributed by atoms with E-state index in [0.29, 0.717) is 5.39 Å². The number of carbonyl (C=O) groups is 2. The number of anilines is 3. The first-order chi connectivity index (χ1) is 18.5. The highest BCUT2D eigenvalue weighted by Gasteiger charge is 2.49. The quantitative estimate of drug-likeness (QED) is 0.323. The number of aromatic nitrogens is 4. The van der Waals surface area contributed by atoms with Crippen molar-refractivity contribution in [2.24, 2.45) is 0 Å². The van der Waals surface area contributed by atoms with Gasteiger partial charge in [-0.25, -0.2) is 9.07 Å². The van der Waals surface area contributed by atoms with Gasteiger partial charge in [0.15, 0.2) is 34.7 Å². The molecule has 4 heterocycles. The zero-order chi connectivity index (χ0) is 28.1. The summed E-state index contributed by atoms with van der Waals surface area (Å²) in [7, 11) is 0. The van der Waals surface area contributed by atoms with E-state index in [-0.39, 0.29) is 40.5 Å². The van der Waals surface area contributed by atoms with Gasteiger partial charge in [-0.05, 0) is 25.1 Å². The number of nitrogens with zero attached hydrogens (tertiary/aromatic N) is 5. The number of halogens is 3. The van der Waals surface area contributed by atoms with Gasteiger partial charge < -0.3 is 25.4 Å². The van der Waals surface area contributed by atoms with Crippen LogP contribution in [0.1, 0.15) is 13.5 Å². The van der Waals surface area contributed by atoms with Gasteiger partial charge in [0, 0.05) is 24.0 Å². The molecular weight excluding hydrogens is 527 g/mol. The number of pyridine rings is 1. The molecule has 0 saturated carbocycles. The van der Waals surface area contributed by atoms with Crippen LogP contribution in [0.2, 0.25) is 0 Å². The Kier molecular flexibility index (Phi) is 6.35. The van der Waals surface area contributed by atoms with Crippen LogP contribution in [0.15, 0.2) is 52.0 Å². The molecule has 4 aromatic rings. The van der Waals surface area contributed by atoms with Crippen molar-refractivity contribution < 1.29 is 37.1 Å². The number of nitrogens with one attached hydrogen (secondary N) is 1. The molecule has 1 aliphatic rings. The van der Waals surface area contributed by atoms with Crippen LogP contribution in [0.4, 0.5) is 30.5 Å². The number of hydrogen-bond acceptors (Lipinski definition) is 9. The fourth-order valence-corrected chi connectivity index (χ4v) is 4.05. The summed E-state index contributed by atoms with van der Waals surface area (Å²) in [5.41, 5.74) is 2.69. The van der Waals surface area contributed by atoms with Crippen molar-refractivity contribution in [2.75, 3.05) is 29.1 Å². The number of hydrogen-bond donors (Lipinski definition) is 3. The molecule has 0 aliphatic carbocycles. The summed E-state index contributed by atoms with van der Waals surface area (Å²) in [4.78, 5) is 38.7. The Morgan fingerprint density at radius 1 is 1.26 bits per heavy atom. The topological polar surface area (TPSA) is 171 Å². The fourth-order valence-electron chi connectivity index (χ4n) is 4.05. The third kappa shape index (κ3) is 4.59. The number of nitrogen functional groups attached to an aromatic ring is 1. The van der Waals surface area contributed by atoms with E-state index >= 15 is 0 Å². The van der Waals surface area contributed by atoms with Gasteiger partial charge in [-0.1, -0.05) is 5.16 Å². The maximum absolute atomic E-state index is 14.9. The summed E-state index contributed by atoms with van der Waals surface area (Å²) in [6, 6.07) is 6.46. The number of benzene rings is 1. The lowest BCUT2D eigenvalue weighted by atomic mass is 9.95. The average molecular weight is 547 g/mol. The number of fused-ring (bicyclic) bond motifs is 1. The number of ether oxygens (including phenoxy) is 1. The van der Waals surface area contributed by atoms with Crippen LogP contribution in [0.5, 0.6) is 0 Å². The number of rotatable bonds is 6. The predicted octanol–water partition coefficient (Wildman–Crippen LogP) is 1.41. The van der Waals surface area contributed by atoms with E-state index < -0.39 is 47.3 Å². The molecule has 39 heavy (non-hydrogen) atoms. The number of nitrogens with two attached hydrogens (primary N) is 1. The van der Waals surface area contributed by atoms with Crippen LogP contribution in [0.25, 0.3) is 16.7 Å². The third-order valence-corrected chi connectivity index (χ3v) is 6.12. The van der Waals surface area contributed by atoms with Crippen molar-refractivity contribution >= 4 is 40.1 Å². The van der Waals surface area contributed by atoms with Gasteiger partial charge in [0.25, 0.3) is 17.4 Å². The van der Waals surface area contributed by atoms with Crippen LogP contribution in [-0.2, 0) is 14.3 Å². The average Bonchev–Trinajstić information content (AvgIpc) is 3.46. The first-order valence-corrected chi connectivity index (χ1v) is 11.3. The smallest absolute Gasteiger partial charge is 0.321 e. The SMILES string of the molecule is C[C@](O)(C(=O)Nc1ccc2c(N)noc2c1)[C@H]1OCCN(c2nn(-c3ccc(=O)n(C(F)F)c3)cc2F)C1=O. The highest BCUT2D eigenvalue weighted by molar-refractivity contribution is 6.06. The zero-order valence-corrected chi connectivity index (χ0v) is 20.0. The zero-order valence-electron chi connectivity index (χ0n) is 20.0. The maximum atomic E-state index is 14.9. The summed E-state index contributed by atoms with van der Waals surface area (Å²) in [5.74, 6) is -3.31. The van der Waals surface area contributed by atoms with E-state index in [2.05, 4.69) is 15.6 Å². The first-order valence-electron chi connectivity index (χ1n) is 11.3. The summed E-state index contributed by atoms with van der Waals surface area (Å²) >= 11 is 0. The molecular formula is C23H20F3N7O6. The van der Waals surface area contributed by atoms with Gasteiger partial charge in [-0.3, -0.25) is 23.9 Å². The van der Waals surface area contributed by atoms with Crippen molar-refractivity contribution in [3.63, 3.8) is 0 Å². The second-order valence-electron chi connectivity index (χ2n) is 8.78.